The molecule has 0 unspecified atom stereocenters. The van der Waals surface area contributed by atoms with Crippen LogP contribution in [0.25, 0.3) is 0 Å². The Morgan fingerprint density at radius 1 is 1.12 bits per heavy atom. The lowest BCUT2D eigenvalue weighted by Gasteiger charge is -2.08. The lowest BCUT2D eigenvalue weighted by Crippen LogP contribution is -2.27. The molecular weight excluding hydrogens is 320 g/mol. The summed E-state index contributed by atoms with van der Waals surface area (Å²) in [5, 5.41) is 4.71. The molecule has 2 N–H and O–H groups in total. The van der Waals surface area contributed by atoms with Crippen LogP contribution in [0.3, 0.4) is 0 Å². The first-order chi connectivity index (χ1) is 11.5. The molecule has 1 heterocycles. The molecule has 0 spiro atoms. The Labute approximate surface area is 136 Å². The first-order valence-corrected chi connectivity index (χ1v) is 7.00. The first-order valence-electron chi connectivity index (χ1n) is 7.00. The third-order valence-corrected chi connectivity index (χ3v) is 3.06. The van der Waals surface area contributed by atoms with Gasteiger partial charge >= 0.3 is 0 Å². The zero-order valence-electron chi connectivity index (χ0n) is 12.8. The molecule has 0 saturated heterocycles. The number of anilines is 1. The summed E-state index contributed by atoms with van der Waals surface area (Å²) in [6, 6.07) is 4.52. The Hall–Kier alpha value is -2.87. The van der Waals surface area contributed by atoms with Crippen molar-refractivity contribution in [2.45, 2.75) is 0 Å². The van der Waals surface area contributed by atoms with Gasteiger partial charge < -0.3 is 15.4 Å². The van der Waals surface area contributed by atoms with Crippen molar-refractivity contribution in [1.29, 1.82) is 0 Å². The van der Waals surface area contributed by atoms with Crippen molar-refractivity contribution in [1.82, 2.24) is 10.3 Å². The summed E-state index contributed by atoms with van der Waals surface area (Å²) >= 11 is 0. The SMILES string of the molecule is COCCNC(=O)c1cncc(C(=O)Nc2c(F)cccc2F)c1. The highest BCUT2D eigenvalue weighted by molar-refractivity contribution is 6.05. The van der Waals surface area contributed by atoms with Gasteiger partial charge in [-0.3, -0.25) is 14.6 Å². The molecule has 0 aliphatic carbocycles. The number of nitrogens with zero attached hydrogens (tertiary/aromatic N) is 1. The number of methoxy groups -OCH3 is 1. The van der Waals surface area contributed by atoms with Gasteiger partial charge in [-0.25, -0.2) is 8.78 Å². The Kier molecular flexibility index (Phi) is 5.91. The van der Waals surface area contributed by atoms with E-state index in [1.807, 2.05) is 0 Å². The number of para-hydroxylation sites is 1. The molecule has 1 aromatic heterocycles. The lowest BCUT2D eigenvalue weighted by molar-refractivity contribution is 0.0936. The molecule has 2 amide bonds. The fraction of sp³-hybridized carbons (Fsp3) is 0.188. The topological polar surface area (TPSA) is 80.3 Å². The quantitative estimate of drug-likeness (QED) is 0.791. The second-order valence-electron chi connectivity index (χ2n) is 4.76. The number of carbonyl (C=O) groups is 2. The van der Waals surface area contributed by atoms with Crippen LogP contribution in [0.1, 0.15) is 20.7 Å². The normalized spacial score (nSPS) is 10.3. The van der Waals surface area contributed by atoms with Crippen molar-refractivity contribution in [3.05, 3.63) is 59.4 Å². The van der Waals surface area contributed by atoms with Gasteiger partial charge in [-0.2, -0.15) is 0 Å². The third-order valence-electron chi connectivity index (χ3n) is 3.06. The van der Waals surface area contributed by atoms with E-state index in [0.717, 1.165) is 12.1 Å². The van der Waals surface area contributed by atoms with Crippen LogP contribution < -0.4 is 10.6 Å². The number of hydrogen-bond acceptors (Lipinski definition) is 4. The molecule has 24 heavy (non-hydrogen) atoms. The zero-order valence-corrected chi connectivity index (χ0v) is 12.8. The number of carbonyl (C=O) groups excluding carboxylic acids is 2. The Morgan fingerprint density at radius 3 is 2.38 bits per heavy atom. The van der Waals surface area contributed by atoms with Gasteiger partial charge in [0.1, 0.15) is 17.3 Å². The van der Waals surface area contributed by atoms with E-state index in [1.54, 1.807) is 0 Å². The molecule has 126 valence electrons. The third kappa shape index (κ3) is 4.32. The van der Waals surface area contributed by atoms with Gasteiger partial charge in [0.25, 0.3) is 11.8 Å². The molecule has 0 aliphatic rings. The van der Waals surface area contributed by atoms with Gasteiger partial charge in [0.05, 0.1) is 17.7 Å². The largest absolute Gasteiger partial charge is 0.383 e. The van der Waals surface area contributed by atoms with E-state index >= 15 is 0 Å². The number of amides is 2. The number of pyridine rings is 1. The minimum atomic E-state index is -0.898. The van der Waals surface area contributed by atoms with Crippen molar-refractivity contribution in [3.63, 3.8) is 0 Å². The summed E-state index contributed by atoms with van der Waals surface area (Å²) in [6.45, 7) is 0.637. The number of halogens is 2. The first kappa shape index (κ1) is 17.5. The molecule has 2 aromatic rings. The van der Waals surface area contributed by atoms with E-state index < -0.39 is 29.1 Å². The van der Waals surface area contributed by atoms with E-state index in [4.69, 9.17) is 4.74 Å². The van der Waals surface area contributed by atoms with E-state index in [1.165, 1.54) is 31.6 Å². The van der Waals surface area contributed by atoms with Crippen LogP contribution in [-0.2, 0) is 4.74 Å². The van der Waals surface area contributed by atoms with Crippen LogP contribution in [0.4, 0.5) is 14.5 Å². The van der Waals surface area contributed by atoms with E-state index in [9.17, 15) is 18.4 Å². The standard InChI is InChI=1S/C16H15F2N3O3/c1-24-6-5-20-15(22)10-7-11(9-19-8-10)16(23)21-14-12(17)3-2-4-13(14)18/h2-4,7-9H,5-6H2,1H3,(H,20,22)(H,21,23). The Bertz CT molecular complexity index is 733. The molecule has 0 aliphatic heterocycles. The fourth-order valence-corrected chi connectivity index (χ4v) is 1.86. The Morgan fingerprint density at radius 2 is 1.75 bits per heavy atom. The lowest BCUT2D eigenvalue weighted by atomic mass is 10.1. The highest BCUT2D eigenvalue weighted by atomic mass is 19.1. The number of hydrogen-bond donors (Lipinski definition) is 2. The number of rotatable bonds is 6. The number of benzene rings is 1. The summed E-state index contributed by atoms with van der Waals surface area (Å²) in [5.74, 6) is -3.01. The minimum absolute atomic E-state index is 0.00274. The van der Waals surface area contributed by atoms with Crippen LogP contribution >= 0.6 is 0 Å². The molecule has 2 rings (SSSR count). The summed E-state index contributed by atoms with van der Waals surface area (Å²) in [5.41, 5.74) is -0.415. The average molecular weight is 335 g/mol. The second kappa shape index (κ2) is 8.11. The van der Waals surface area contributed by atoms with Gasteiger partial charge in [0, 0.05) is 26.0 Å². The second-order valence-corrected chi connectivity index (χ2v) is 4.76. The van der Waals surface area contributed by atoms with Gasteiger partial charge in [-0.05, 0) is 18.2 Å². The zero-order chi connectivity index (χ0) is 17.5. The van der Waals surface area contributed by atoms with Crippen LogP contribution in [0.15, 0.2) is 36.7 Å². The number of nitrogens with one attached hydrogen (secondary N) is 2. The summed E-state index contributed by atoms with van der Waals surface area (Å²) in [4.78, 5) is 27.8. The number of ether oxygens (including phenoxy) is 1. The van der Waals surface area contributed by atoms with Crippen molar-refractivity contribution < 1.29 is 23.1 Å². The average Bonchev–Trinajstić information content (AvgIpc) is 2.58. The molecule has 1 aromatic carbocycles. The predicted molar refractivity (Wildman–Crippen MR) is 82.8 cm³/mol. The molecule has 0 atom stereocenters. The maximum Gasteiger partial charge on any atom is 0.257 e. The predicted octanol–water partition coefficient (Wildman–Crippen LogP) is 1.99. The molecule has 0 radical (unpaired) electrons. The fourth-order valence-electron chi connectivity index (χ4n) is 1.86. The summed E-state index contributed by atoms with van der Waals surface area (Å²) < 4.78 is 31.9. The van der Waals surface area contributed by atoms with Crippen molar-refractivity contribution in [2.24, 2.45) is 0 Å². The molecular formula is C16H15F2N3O3. The van der Waals surface area contributed by atoms with Crippen molar-refractivity contribution in [2.75, 3.05) is 25.6 Å². The maximum atomic E-state index is 13.6. The van der Waals surface area contributed by atoms with Crippen LogP contribution in [0, 0.1) is 11.6 Å². The van der Waals surface area contributed by atoms with Crippen LogP contribution in [0.2, 0.25) is 0 Å². The highest BCUT2D eigenvalue weighted by Gasteiger charge is 2.15. The molecule has 6 nitrogen and oxygen atoms in total. The van der Waals surface area contributed by atoms with Crippen molar-refractivity contribution >= 4 is 17.5 Å². The molecule has 0 saturated carbocycles. The van der Waals surface area contributed by atoms with E-state index in [0.29, 0.717) is 13.2 Å². The van der Waals surface area contributed by atoms with Crippen LogP contribution in [0.5, 0.6) is 0 Å². The van der Waals surface area contributed by atoms with Gasteiger partial charge in [-0.15, -0.1) is 0 Å². The van der Waals surface area contributed by atoms with E-state index in [2.05, 4.69) is 15.6 Å². The summed E-state index contributed by atoms with van der Waals surface area (Å²) in [6.07, 6.45) is 2.47. The number of aromatic nitrogens is 1. The Balaban J connectivity index is 2.13. The van der Waals surface area contributed by atoms with Crippen LogP contribution in [-0.4, -0.2) is 37.1 Å². The van der Waals surface area contributed by atoms with Gasteiger partial charge in [0.2, 0.25) is 0 Å². The molecule has 8 heteroatoms. The monoisotopic (exact) mass is 335 g/mol. The van der Waals surface area contributed by atoms with Gasteiger partial charge in [-0.1, -0.05) is 6.07 Å². The minimum Gasteiger partial charge on any atom is -0.383 e. The summed E-state index contributed by atoms with van der Waals surface area (Å²) in [7, 11) is 1.50. The highest BCUT2D eigenvalue weighted by Crippen LogP contribution is 2.19. The van der Waals surface area contributed by atoms with Gasteiger partial charge in [0.15, 0.2) is 0 Å². The smallest absolute Gasteiger partial charge is 0.257 e. The molecule has 0 bridgehead atoms. The van der Waals surface area contributed by atoms with Crippen molar-refractivity contribution in [3.8, 4) is 0 Å². The molecule has 0 fully saturated rings. The maximum absolute atomic E-state index is 13.6. The van der Waals surface area contributed by atoms with E-state index in [-0.39, 0.29) is 11.1 Å².